The van der Waals surface area contributed by atoms with E-state index in [0.29, 0.717) is 41.2 Å². The van der Waals surface area contributed by atoms with Gasteiger partial charge >= 0.3 is 4.87 Å². The predicted molar refractivity (Wildman–Crippen MR) is 141 cm³/mol. The fraction of sp³-hybridized carbons (Fsp3) is 0.308. The van der Waals surface area contributed by atoms with Crippen molar-refractivity contribution in [3.63, 3.8) is 0 Å². The number of hydrogen-bond donors (Lipinski definition) is 0. The zero-order valence-electron chi connectivity index (χ0n) is 19.8. The fourth-order valence-corrected chi connectivity index (χ4v) is 8.08. The standard InChI is InChI=1S/C26H21ClFN3O5S2/c27-15-3-1-14(2-4-15)19-20-21(24(34)31(23(20)33)17-7-5-16(28)6-8-17)37-25-22(19)38-26(35)30(25)13-18(32)29-9-11-36-12-10-29/h1-8,19-21H,9-13H2/t19-,20?,21?/m1/s1. The molecular formula is C26H21ClFN3O5S2. The molecule has 3 aromatic rings. The molecule has 0 saturated carbocycles. The summed E-state index contributed by atoms with van der Waals surface area (Å²) in [6, 6.07) is 12.2. The Balaban J connectivity index is 1.43. The number of ether oxygens (including phenoxy) is 1. The largest absolute Gasteiger partial charge is 0.378 e. The number of thiazole rings is 1. The topological polar surface area (TPSA) is 88.9 Å². The number of halogens is 2. The molecule has 2 aromatic carbocycles. The molecule has 1 aromatic heterocycles. The van der Waals surface area contributed by atoms with E-state index in [0.717, 1.165) is 33.6 Å². The van der Waals surface area contributed by atoms with Gasteiger partial charge in [-0.3, -0.25) is 23.7 Å². The normalized spacial score (nSPS) is 22.9. The Labute approximate surface area is 229 Å². The van der Waals surface area contributed by atoms with Crippen LogP contribution in [-0.2, 0) is 25.7 Å². The lowest BCUT2D eigenvalue weighted by atomic mass is 9.83. The van der Waals surface area contributed by atoms with E-state index in [1.54, 1.807) is 29.2 Å². The van der Waals surface area contributed by atoms with Crippen LogP contribution in [0.1, 0.15) is 16.4 Å². The molecule has 2 fully saturated rings. The van der Waals surface area contributed by atoms with Crippen LogP contribution in [0.2, 0.25) is 5.02 Å². The minimum absolute atomic E-state index is 0.161. The molecule has 3 amide bonds. The third kappa shape index (κ3) is 4.27. The maximum Gasteiger partial charge on any atom is 0.308 e. The van der Waals surface area contributed by atoms with E-state index < -0.39 is 34.7 Å². The monoisotopic (exact) mass is 573 g/mol. The second kappa shape index (κ2) is 9.96. The molecule has 3 atom stereocenters. The van der Waals surface area contributed by atoms with E-state index in [1.165, 1.54) is 28.8 Å². The molecule has 4 heterocycles. The summed E-state index contributed by atoms with van der Waals surface area (Å²) in [5.41, 5.74) is 1.02. The highest BCUT2D eigenvalue weighted by Crippen LogP contribution is 2.53. The lowest BCUT2D eigenvalue weighted by Crippen LogP contribution is -2.43. The summed E-state index contributed by atoms with van der Waals surface area (Å²) in [7, 11) is 0. The third-order valence-electron chi connectivity index (χ3n) is 7.02. The lowest BCUT2D eigenvalue weighted by molar-refractivity contribution is -0.136. The minimum Gasteiger partial charge on any atom is -0.378 e. The van der Waals surface area contributed by atoms with E-state index in [1.807, 2.05) is 0 Å². The highest BCUT2D eigenvalue weighted by Gasteiger charge is 2.56. The number of morpholine rings is 1. The first-order valence-corrected chi connectivity index (χ1v) is 14.1. The number of thioether (sulfide) groups is 1. The quantitative estimate of drug-likeness (QED) is 0.445. The fourth-order valence-electron chi connectivity index (χ4n) is 5.18. The number of rotatable bonds is 4. The van der Waals surface area contributed by atoms with Crippen molar-refractivity contribution >= 4 is 58.1 Å². The molecule has 8 nitrogen and oxygen atoms in total. The van der Waals surface area contributed by atoms with Crippen LogP contribution >= 0.6 is 34.7 Å². The smallest absolute Gasteiger partial charge is 0.308 e. The Morgan fingerprint density at radius 2 is 1.68 bits per heavy atom. The second-order valence-electron chi connectivity index (χ2n) is 9.20. The Morgan fingerprint density at radius 3 is 2.37 bits per heavy atom. The Bertz CT molecular complexity index is 1480. The van der Waals surface area contributed by atoms with Crippen LogP contribution < -0.4 is 9.77 Å². The van der Waals surface area contributed by atoms with Gasteiger partial charge in [-0.2, -0.15) is 0 Å². The van der Waals surface area contributed by atoms with Gasteiger partial charge in [0.05, 0.1) is 29.8 Å². The van der Waals surface area contributed by atoms with Crippen LogP contribution in [0, 0.1) is 11.7 Å². The molecule has 0 N–H and O–H groups in total. The summed E-state index contributed by atoms with van der Waals surface area (Å²) >= 11 is 8.26. The number of imide groups is 1. The molecule has 3 aliphatic rings. The molecule has 2 unspecified atom stereocenters. The van der Waals surface area contributed by atoms with Gasteiger partial charge in [0.15, 0.2) is 0 Å². The summed E-state index contributed by atoms with van der Waals surface area (Å²) in [6.07, 6.45) is 0. The summed E-state index contributed by atoms with van der Waals surface area (Å²) in [6.45, 7) is 1.62. The van der Waals surface area contributed by atoms with Crippen molar-refractivity contribution in [2.24, 2.45) is 5.92 Å². The second-order valence-corrected chi connectivity index (χ2v) is 11.8. The molecule has 196 valence electrons. The van der Waals surface area contributed by atoms with Crippen molar-refractivity contribution in [1.82, 2.24) is 9.47 Å². The number of fused-ring (bicyclic) bond motifs is 2. The molecule has 38 heavy (non-hydrogen) atoms. The van der Waals surface area contributed by atoms with E-state index in [4.69, 9.17) is 16.3 Å². The molecule has 6 rings (SSSR count). The molecule has 2 saturated heterocycles. The van der Waals surface area contributed by atoms with Gasteiger partial charge in [-0.05, 0) is 42.0 Å². The number of aromatic nitrogens is 1. The van der Waals surface area contributed by atoms with E-state index in [2.05, 4.69) is 0 Å². The number of anilines is 1. The Hall–Kier alpha value is -2.99. The summed E-state index contributed by atoms with van der Waals surface area (Å²) < 4.78 is 20.3. The van der Waals surface area contributed by atoms with E-state index in [-0.39, 0.29) is 23.0 Å². The van der Waals surface area contributed by atoms with Gasteiger partial charge in [-0.15, -0.1) is 0 Å². The van der Waals surface area contributed by atoms with Crippen molar-refractivity contribution in [2.75, 3.05) is 31.2 Å². The maximum absolute atomic E-state index is 13.8. The van der Waals surface area contributed by atoms with E-state index >= 15 is 0 Å². The van der Waals surface area contributed by atoms with Crippen molar-refractivity contribution in [2.45, 2.75) is 22.7 Å². The van der Waals surface area contributed by atoms with Gasteiger partial charge in [0, 0.05) is 28.9 Å². The number of carbonyl (C=O) groups excluding carboxylic acids is 3. The Morgan fingerprint density at radius 1 is 1.00 bits per heavy atom. The highest BCUT2D eigenvalue weighted by molar-refractivity contribution is 8.00. The number of hydrogen-bond acceptors (Lipinski definition) is 7. The van der Waals surface area contributed by atoms with Crippen molar-refractivity contribution in [3.8, 4) is 0 Å². The maximum atomic E-state index is 13.8. The predicted octanol–water partition coefficient (Wildman–Crippen LogP) is 3.36. The molecule has 0 radical (unpaired) electrons. The van der Waals surface area contributed by atoms with E-state index in [9.17, 15) is 23.6 Å². The first-order valence-electron chi connectivity index (χ1n) is 12.0. The van der Waals surface area contributed by atoms with Crippen LogP contribution in [0.15, 0.2) is 58.4 Å². The van der Waals surface area contributed by atoms with Crippen LogP contribution in [0.5, 0.6) is 0 Å². The summed E-state index contributed by atoms with van der Waals surface area (Å²) in [4.78, 5) is 56.8. The lowest BCUT2D eigenvalue weighted by Gasteiger charge is -2.31. The highest BCUT2D eigenvalue weighted by atomic mass is 35.5. The van der Waals surface area contributed by atoms with Crippen LogP contribution in [-0.4, -0.2) is 58.7 Å². The molecule has 0 spiro atoms. The van der Waals surface area contributed by atoms with Crippen LogP contribution in [0.4, 0.5) is 10.1 Å². The molecule has 12 heteroatoms. The van der Waals surface area contributed by atoms with Crippen LogP contribution in [0.3, 0.4) is 0 Å². The summed E-state index contributed by atoms with van der Waals surface area (Å²) in [5.74, 6) is -2.91. The van der Waals surface area contributed by atoms with Gasteiger partial charge < -0.3 is 9.64 Å². The molecular weight excluding hydrogens is 553 g/mol. The number of carbonyl (C=O) groups is 3. The third-order valence-corrected chi connectivity index (χ3v) is 9.88. The average Bonchev–Trinajstić information content (AvgIpc) is 3.36. The van der Waals surface area contributed by atoms with Crippen molar-refractivity contribution < 1.29 is 23.5 Å². The van der Waals surface area contributed by atoms with Gasteiger partial charge in [0.1, 0.15) is 17.6 Å². The van der Waals surface area contributed by atoms with Crippen molar-refractivity contribution in [1.29, 1.82) is 0 Å². The number of amides is 3. The first kappa shape index (κ1) is 25.3. The zero-order chi connectivity index (χ0) is 26.6. The van der Waals surface area contributed by atoms with Crippen molar-refractivity contribution in [3.05, 3.63) is 79.5 Å². The van der Waals surface area contributed by atoms with Gasteiger partial charge in [-0.25, -0.2) is 9.29 Å². The average molecular weight is 574 g/mol. The molecule has 0 aliphatic carbocycles. The van der Waals surface area contributed by atoms with Crippen LogP contribution in [0.25, 0.3) is 0 Å². The summed E-state index contributed by atoms with van der Waals surface area (Å²) in [5, 5.41) is 0.212. The molecule has 3 aliphatic heterocycles. The van der Waals surface area contributed by atoms with Gasteiger partial charge in [-0.1, -0.05) is 46.8 Å². The zero-order valence-corrected chi connectivity index (χ0v) is 22.2. The number of nitrogens with zero attached hydrogens (tertiary/aromatic N) is 3. The van der Waals surface area contributed by atoms with Gasteiger partial charge in [0.2, 0.25) is 17.7 Å². The first-order chi connectivity index (χ1) is 18.3. The number of benzene rings is 2. The SMILES string of the molecule is O=C(Cn1c2c(sc1=O)[C@H](c1ccc(Cl)cc1)C1C(=O)N(c3ccc(F)cc3)C(=O)C1S2)N1CCOCC1. The van der Waals surface area contributed by atoms with Gasteiger partial charge in [0.25, 0.3) is 0 Å². The molecule has 0 bridgehead atoms. The Kier molecular flexibility index (Phi) is 6.63. The minimum atomic E-state index is -0.820.